The zero-order valence-electron chi connectivity index (χ0n) is 1.56. The Morgan fingerprint density at radius 3 is 1.00 bits per heavy atom. The van der Waals surface area contributed by atoms with Gasteiger partial charge in [0.05, 0.1) is 0 Å². The maximum atomic E-state index is 0. The molecule has 0 aromatic rings. The fraction of sp³-hybridized carbons (Fsp3) is 0. The van der Waals surface area contributed by atoms with Gasteiger partial charge in [0.25, 0.3) is 0 Å². The van der Waals surface area contributed by atoms with Crippen LogP contribution in [0.3, 0.4) is 0 Å². The molecule has 0 unspecified atom stereocenters. The fourth-order valence-corrected chi connectivity index (χ4v) is 0. The van der Waals surface area contributed by atoms with E-state index in [2.05, 4.69) is 0 Å². The Kier molecular flexibility index (Phi) is 144. The summed E-state index contributed by atoms with van der Waals surface area (Å²) >= 11 is 0. The predicted octanol–water partition coefficient (Wildman–Crippen LogP) is -3.29. The molecule has 0 atom stereocenters. The topological polar surface area (TPSA) is 0 Å². The molecule has 0 aliphatic carbocycles. The van der Waals surface area contributed by atoms with Crippen LogP contribution >= 0.6 is 0 Å². The van der Waals surface area contributed by atoms with Crippen molar-refractivity contribution < 1.29 is 17.1 Å². The van der Waals surface area contributed by atoms with Crippen molar-refractivity contribution in [2.24, 2.45) is 0 Å². The average molecular weight is 427 g/mol. The first kappa shape index (κ1) is 31.9. The van der Waals surface area contributed by atoms with Gasteiger partial charge in [0.1, 0.15) is 0 Å². The van der Waals surface area contributed by atoms with Crippen molar-refractivity contribution in [3.8, 4) is 0 Å². The van der Waals surface area contributed by atoms with Crippen molar-refractivity contribution in [3.05, 3.63) is 0 Å². The first-order chi connectivity index (χ1) is 0. The van der Waals surface area contributed by atoms with Crippen LogP contribution in [0.1, 0.15) is 0 Å². The van der Waals surface area contributed by atoms with Crippen LogP contribution in [-0.4, -0.2) is 61.9 Å². The van der Waals surface area contributed by atoms with Gasteiger partial charge in [-0.3, -0.25) is 0 Å². The van der Waals surface area contributed by atoms with E-state index >= 15 is 0 Å². The Morgan fingerprint density at radius 1 is 1.00 bits per heavy atom. The van der Waals surface area contributed by atoms with Gasteiger partial charge >= 0.3 is 51.0 Å². The molecule has 2 radical (unpaired) electrons. The second-order valence-corrected chi connectivity index (χ2v) is 0. The van der Waals surface area contributed by atoms with E-state index in [1.165, 1.54) is 0 Å². The van der Waals surface area contributed by atoms with E-state index in [0.717, 1.165) is 0 Å². The molecule has 0 bridgehead atoms. The van der Waals surface area contributed by atoms with Gasteiger partial charge < -0.3 is 0 Å². The van der Waals surface area contributed by atoms with E-state index in [1.807, 2.05) is 0 Å². The molecule has 0 spiro atoms. The van der Waals surface area contributed by atoms with Crippen molar-refractivity contribution in [1.82, 2.24) is 0 Å². The zero-order chi connectivity index (χ0) is 0. The Balaban J connectivity index is 0. The minimum absolute atomic E-state index is 0. The van der Waals surface area contributed by atoms with Crippen LogP contribution in [0.4, 0.5) is 0 Å². The fourth-order valence-electron chi connectivity index (χ4n) is 0. The van der Waals surface area contributed by atoms with E-state index in [-0.39, 0.29) is 79.0 Å². The normalized spacial score (nSPS) is 0. The summed E-state index contributed by atoms with van der Waals surface area (Å²) in [5.41, 5.74) is 0. The molecule has 0 fully saturated rings. The van der Waals surface area contributed by atoms with Crippen LogP contribution in [0.25, 0.3) is 0 Å². The average Bonchev–Trinajstić information content (AvgIpc) is 0. The molecule has 0 heterocycles. The first-order valence-corrected chi connectivity index (χ1v) is 0. The molecule has 0 N–H and O–H groups in total. The Bertz CT molecular complexity index is 8.00. The van der Waals surface area contributed by atoms with Gasteiger partial charge in [-0.25, -0.2) is 0 Å². The van der Waals surface area contributed by atoms with Crippen LogP contribution < -0.4 is 0 Å². The molecule has 4 heteroatoms. The monoisotopic (exact) mass is 430 g/mol. The van der Waals surface area contributed by atoms with Gasteiger partial charge in [0.15, 0.2) is 0 Å². The van der Waals surface area contributed by atoms with Crippen molar-refractivity contribution in [2.45, 2.75) is 0 Å². The van der Waals surface area contributed by atoms with Crippen LogP contribution in [0.15, 0.2) is 0 Å². The number of hydrogen-bond acceptors (Lipinski definition) is 0. The molecule has 0 aromatic heterocycles. The molecule has 0 rings (SSSR count). The van der Waals surface area contributed by atoms with Gasteiger partial charge in [-0.1, -0.05) is 0 Å². The van der Waals surface area contributed by atoms with Crippen LogP contribution in [0.2, 0.25) is 0 Å². The molecule has 0 saturated carbocycles. The molecule has 0 amide bonds. The summed E-state index contributed by atoms with van der Waals surface area (Å²) in [6.45, 7) is 0. The van der Waals surface area contributed by atoms with Gasteiger partial charge in [-0.05, 0) is 11.0 Å². The van der Waals surface area contributed by atoms with Crippen molar-refractivity contribution >= 4 is 61.9 Å². The molecule has 4 heavy (non-hydrogen) atoms. The second kappa shape index (κ2) is 18.0. The molecular weight excluding hydrogens is 419 g/mol. The summed E-state index contributed by atoms with van der Waals surface area (Å²) in [7, 11) is 0. The van der Waals surface area contributed by atoms with Gasteiger partial charge in [-0.2, -0.15) is 0 Å². The summed E-state index contributed by atoms with van der Waals surface area (Å²) < 4.78 is 0. The van der Waals surface area contributed by atoms with Crippen molar-refractivity contribution in [3.63, 3.8) is 0 Å². The summed E-state index contributed by atoms with van der Waals surface area (Å²) in [6, 6.07) is 0. The molecule has 0 saturated heterocycles. The van der Waals surface area contributed by atoms with Gasteiger partial charge in [0.2, 0.25) is 0 Å². The third kappa shape index (κ3) is 8.82. The Hall–Kier alpha value is 2.45. The molecule has 0 nitrogen and oxygen atoms in total. The van der Waals surface area contributed by atoms with E-state index < -0.39 is 0 Å². The van der Waals surface area contributed by atoms with Crippen LogP contribution in [0.5, 0.6) is 0 Å². The summed E-state index contributed by atoms with van der Waals surface area (Å²) in [5.74, 6) is 0. The third-order valence-corrected chi connectivity index (χ3v) is 0. The van der Waals surface area contributed by atoms with E-state index in [9.17, 15) is 0 Å². The summed E-state index contributed by atoms with van der Waals surface area (Å²) in [4.78, 5) is 0. The molecule has 0 aromatic carbocycles. The Morgan fingerprint density at radius 2 is 1.00 bits per heavy atom. The summed E-state index contributed by atoms with van der Waals surface area (Å²) in [5, 5.41) is 0. The minimum atomic E-state index is 0. The molecule has 0 aliphatic heterocycles. The zero-order valence-corrected chi connectivity index (χ0v) is 11.0. The van der Waals surface area contributed by atoms with Gasteiger partial charge in [-0.15, -0.1) is 0 Å². The standard InChI is InChI=1S/Fe.Pb.H4Si.H2Te.2H/h;;1H4;1H2;;. The van der Waals surface area contributed by atoms with Crippen molar-refractivity contribution in [1.29, 1.82) is 0 Å². The van der Waals surface area contributed by atoms with E-state index in [0.29, 0.717) is 0 Å². The molecule has 30 valence electrons. The summed E-state index contributed by atoms with van der Waals surface area (Å²) in [6.07, 6.45) is 0. The second-order valence-electron chi connectivity index (χ2n) is 0. The van der Waals surface area contributed by atoms with Gasteiger partial charge in [0, 0.05) is 17.1 Å². The van der Waals surface area contributed by atoms with Crippen LogP contribution in [-0.2, 0) is 17.1 Å². The van der Waals surface area contributed by atoms with Crippen molar-refractivity contribution in [2.75, 3.05) is 0 Å². The number of rotatable bonds is 0. The third-order valence-electron chi connectivity index (χ3n) is 0. The molecule has 0 aliphatic rings. The predicted molar refractivity (Wildman–Crippen MR) is 28.4 cm³/mol. The SMILES string of the molecule is [Fe].[PbH2].[SiH4].[TeH2]. The van der Waals surface area contributed by atoms with Crippen LogP contribution in [0, 0.1) is 0 Å². The quantitative estimate of drug-likeness (QED) is 0.356. The van der Waals surface area contributed by atoms with E-state index in [1.54, 1.807) is 0 Å². The Labute approximate surface area is 77.9 Å². The number of hydrogen-bond donors (Lipinski definition) is 0. The first-order valence-electron chi connectivity index (χ1n) is 0. The maximum absolute atomic E-state index is 0. The van der Waals surface area contributed by atoms with E-state index in [4.69, 9.17) is 0 Å². The molecular formula is H8FePbSiTe.